The van der Waals surface area contributed by atoms with E-state index in [4.69, 9.17) is 26.8 Å². The quantitative estimate of drug-likeness (QED) is 0.357. The molecule has 0 amide bonds. The number of morpholine rings is 1. The lowest BCUT2D eigenvalue weighted by atomic mass is 10.2. The number of benzene rings is 1. The molecule has 1 saturated heterocycles. The van der Waals surface area contributed by atoms with Crippen molar-refractivity contribution in [1.82, 2.24) is 4.98 Å². The van der Waals surface area contributed by atoms with Crippen LogP contribution in [0.2, 0.25) is 5.02 Å². The Kier molecular flexibility index (Phi) is 8.52. The van der Waals surface area contributed by atoms with Crippen LogP contribution in [0.5, 0.6) is 5.75 Å². The van der Waals surface area contributed by atoms with Crippen molar-refractivity contribution >= 4 is 53.0 Å². The normalized spacial score (nSPS) is 14.4. The number of aromatic nitrogens is 1. The Balaban J connectivity index is 0.00000280. The molecular weight excluding hydrogens is 500 g/mol. The molecule has 0 saturated carbocycles. The van der Waals surface area contributed by atoms with Crippen molar-refractivity contribution in [3.05, 3.63) is 46.9 Å². The van der Waals surface area contributed by atoms with Crippen LogP contribution in [0, 0.1) is 5.82 Å². The highest BCUT2D eigenvalue weighted by Crippen LogP contribution is 2.27. The summed E-state index contributed by atoms with van der Waals surface area (Å²) in [4.78, 5) is 10.3. The van der Waals surface area contributed by atoms with Crippen molar-refractivity contribution < 1.29 is 13.9 Å². The molecular formula is C18H22ClFIN5O2. The molecule has 7 nitrogen and oxygen atoms in total. The first-order valence-corrected chi connectivity index (χ1v) is 8.82. The summed E-state index contributed by atoms with van der Waals surface area (Å²) in [6.45, 7) is 2.61. The molecule has 1 aliphatic heterocycles. The van der Waals surface area contributed by atoms with Gasteiger partial charge in [-0.15, -0.1) is 24.0 Å². The fourth-order valence-corrected chi connectivity index (χ4v) is 2.93. The number of ether oxygens (including phenoxy) is 2. The van der Waals surface area contributed by atoms with Crippen LogP contribution in [-0.2, 0) is 11.3 Å². The van der Waals surface area contributed by atoms with E-state index in [1.807, 2.05) is 4.90 Å². The van der Waals surface area contributed by atoms with E-state index in [1.54, 1.807) is 31.5 Å². The summed E-state index contributed by atoms with van der Waals surface area (Å²) in [5, 5.41) is 3.39. The van der Waals surface area contributed by atoms with Gasteiger partial charge in [0.2, 0.25) is 0 Å². The highest BCUT2D eigenvalue weighted by Gasteiger charge is 2.16. The summed E-state index contributed by atoms with van der Waals surface area (Å²) < 4.78 is 24.7. The SMILES string of the molecule is COc1ccc(NC(N)=NCc2cnc(N3CCOCC3)c(F)c2)cc1Cl.I. The monoisotopic (exact) mass is 521 g/mol. The van der Waals surface area contributed by atoms with Crippen molar-refractivity contribution in [2.45, 2.75) is 6.54 Å². The molecule has 1 aliphatic rings. The van der Waals surface area contributed by atoms with Gasteiger partial charge in [-0.1, -0.05) is 11.6 Å². The molecule has 0 bridgehead atoms. The number of aliphatic imine (C=N–C) groups is 1. The molecule has 1 aromatic carbocycles. The second kappa shape index (κ2) is 10.6. The van der Waals surface area contributed by atoms with Crippen LogP contribution in [0.4, 0.5) is 15.9 Å². The summed E-state index contributed by atoms with van der Waals surface area (Å²) in [6, 6.07) is 6.60. The topological polar surface area (TPSA) is 85.0 Å². The Morgan fingerprint density at radius 1 is 1.39 bits per heavy atom. The third-order valence-electron chi connectivity index (χ3n) is 4.05. The average molecular weight is 522 g/mol. The fraction of sp³-hybridized carbons (Fsp3) is 0.333. The van der Waals surface area contributed by atoms with E-state index in [9.17, 15) is 4.39 Å². The van der Waals surface area contributed by atoms with Crippen LogP contribution in [0.25, 0.3) is 0 Å². The maximum atomic E-state index is 14.4. The first kappa shape index (κ1) is 22.4. The molecule has 2 aromatic rings. The largest absolute Gasteiger partial charge is 0.495 e. The van der Waals surface area contributed by atoms with E-state index >= 15 is 0 Å². The van der Waals surface area contributed by atoms with Gasteiger partial charge in [-0.3, -0.25) is 0 Å². The minimum atomic E-state index is -0.377. The number of rotatable bonds is 5. The second-order valence-electron chi connectivity index (χ2n) is 5.92. The third kappa shape index (κ3) is 5.82. The highest BCUT2D eigenvalue weighted by molar-refractivity contribution is 14.0. The minimum absolute atomic E-state index is 0. The van der Waals surface area contributed by atoms with Crippen LogP contribution in [0.1, 0.15) is 5.56 Å². The lowest BCUT2D eigenvalue weighted by Gasteiger charge is -2.28. The number of nitrogens with one attached hydrogen (secondary N) is 1. The van der Waals surface area contributed by atoms with Crippen LogP contribution in [0.15, 0.2) is 35.5 Å². The lowest BCUT2D eigenvalue weighted by Crippen LogP contribution is -2.37. The van der Waals surface area contributed by atoms with Gasteiger partial charge in [-0.2, -0.15) is 0 Å². The van der Waals surface area contributed by atoms with Crippen LogP contribution < -0.4 is 20.7 Å². The van der Waals surface area contributed by atoms with Gasteiger partial charge in [0, 0.05) is 25.0 Å². The highest BCUT2D eigenvalue weighted by atomic mass is 127. The van der Waals surface area contributed by atoms with Crippen molar-refractivity contribution in [1.29, 1.82) is 0 Å². The Bertz CT molecular complexity index is 834. The maximum absolute atomic E-state index is 14.4. The van der Waals surface area contributed by atoms with E-state index in [2.05, 4.69) is 15.3 Å². The third-order valence-corrected chi connectivity index (χ3v) is 4.34. The Labute approximate surface area is 185 Å². The van der Waals surface area contributed by atoms with Gasteiger partial charge in [-0.05, 0) is 29.8 Å². The van der Waals surface area contributed by atoms with E-state index in [0.717, 1.165) is 0 Å². The molecule has 152 valence electrons. The number of hydrogen-bond acceptors (Lipinski definition) is 5. The van der Waals surface area contributed by atoms with E-state index in [-0.39, 0.29) is 42.3 Å². The van der Waals surface area contributed by atoms with Crippen molar-refractivity contribution in [2.75, 3.05) is 43.6 Å². The molecule has 28 heavy (non-hydrogen) atoms. The number of methoxy groups -OCH3 is 1. The van der Waals surface area contributed by atoms with Gasteiger partial charge < -0.3 is 25.4 Å². The molecule has 10 heteroatoms. The smallest absolute Gasteiger partial charge is 0.193 e. The van der Waals surface area contributed by atoms with Gasteiger partial charge >= 0.3 is 0 Å². The zero-order valence-corrected chi connectivity index (χ0v) is 18.4. The standard InChI is InChI=1S/C18H21ClFN5O2.HI/c1-26-16-3-2-13(9-14(16)19)24-18(21)23-11-12-8-15(20)17(22-10-12)25-4-6-27-7-5-25;/h2-3,8-10H,4-7,11H2,1H3,(H3,21,23,24);1H. The van der Waals surface area contributed by atoms with Gasteiger partial charge in [0.25, 0.3) is 0 Å². The maximum Gasteiger partial charge on any atom is 0.193 e. The van der Waals surface area contributed by atoms with Gasteiger partial charge in [-0.25, -0.2) is 14.4 Å². The molecule has 1 fully saturated rings. The van der Waals surface area contributed by atoms with Crippen LogP contribution in [-0.4, -0.2) is 44.4 Å². The lowest BCUT2D eigenvalue weighted by molar-refractivity contribution is 0.122. The predicted octanol–water partition coefficient (Wildman–Crippen LogP) is 3.26. The molecule has 0 aliphatic carbocycles. The number of nitrogens with zero attached hydrogens (tertiary/aromatic N) is 3. The van der Waals surface area contributed by atoms with Crippen molar-refractivity contribution in [3.63, 3.8) is 0 Å². The van der Waals surface area contributed by atoms with E-state index < -0.39 is 0 Å². The number of halogens is 3. The summed E-state index contributed by atoms with van der Waals surface area (Å²) in [5.41, 5.74) is 7.19. The fourth-order valence-electron chi connectivity index (χ4n) is 2.67. The van der Waals surface area contributed by atoms with Gasteiger partial charge in [0.15, 0.2) is 17.6 Å². The van der Waals surface area contributed by atoms with Gasteiger partial charge in [0.1, 0.15) is 5.75 Å². The molecule has 1 aromatic heterocycles. The van der Waals surface area contributed by atoms with E-state index in [1.165, 1.54) is 6.07 Å². The molecule has 0 atom stereocenters. The van der Waals surface area contributed by atoms with E-state index in [0.29, 0.717) is 54.1 Å². The Hall–Kier alpha value is -1.85. The number of hydrogen-bond donors (Lipinski definition) is 2. The Morgan fingerprint density at radius 2 is 2.14 bits per heavy atom. The average Bonchev–Trinajstić information content (AvgIpc) is 2.67. The van der Waals surface area contributed by atoms with Crippen LogP contribution in [0.3, 0.4) is 0 Å². The first-order valence-electron chi connectivity index (χ1n) is 8.44. The number of nitrogens with two attached hydrogens (primary N) is 1. The minimum Gasteiger partial charge on any atom is -0.495 e. The summed E-state index contributed by atoms with van der Waals surface area (Å²) in [5.74, 6) is 0.719. The zero-order chi connectivity index (χ0) is 19.2. The van der Waals surface area contributed by atoms with Crippen molar-refractivity contribution in [2.24, 2.45) is 10.7 Å². The molecule has 3 rings (SSSR count). The molecule has 3 N–H and O–H groups in total. The Morgan fingerprint density at radius 3 is 2.79 bits per heavy atom. The van der Waals surface area contributed by atoms with Crippen LogP contribution >= 0.6 is 35.6 Å². The van der Waals surface area contributed by atoms with Crippen molar-refractivity contribution in [3.8, 4) is 5.75 Å². The summed E-state index contributed by atoms with van der Waals surface area (Å²) >= 11 is 6.07. The number of guanidine groups is 1. The molecule has 0 spiro atoms. The number of anilines is 2. The molecule has 2 heterocycles. The summed E-state index contributed by atoms with van der Waals surface area (Å²) in [7, 11) is 1.54. The van der Waals surface area contributed by atoms with Gasteiger partial charge in [0.05, 0.1) is 31.9 Å². The zero-order valence-electron chi connectivity index (χ0n) is 15.3. The first-order chi connectivity index (χ1) is 13.1. The number of pyridine rings is 1. The second-order valence-corrected chi connectivity index (χ2v) is 6.33. The predicted molar refractivity (Wildman–Crippen MR) is 120 cm³/mol. The molecule has 0 radical (unpaired) electrons. The summed E-state index contributed by atoms with van der Waals surface area (Å²) in [6.07, 6.45) is 1.61. The molecule has 0 unspecified atom stereocenters.